The molecule has 5 heteroatoms. The Bertz CT molecular complexity index is 473. The summed E-state index contributed by atoms with van der Waals surface area (Å²) < 4.78 is 0. The summed E-state index contributed by atoms with van der Waals surface area (Å²) >= 11 is 0. The zero-order chi connectivity index (χ0) is 13.1. The Balaban J connectivity index is 2.22. The number of hydrogen-bond acceptors (Lipinski definition) is 3. The number of nitrogens with two attached hydrogens (primary N) is 1. The SMILES string of the molecule is CN1CC(=O)N(c2cccc(CCN)c2)CC1=O. The van der Waals surface area contributed by atoms with Crippen LogP contribution >= 0.6 is 0 Å². The third kappa shape index (κ3) is 2.51. The van der Waals surface area contributed by atoms with Crippen molar-refractivity contribution in [3.8, 4) is 0 Å². The highest BCUT2D eigenvalue weighted by molar-refractivity contribution is 6.04. The predicted octanol–water partition coefficient (Wildman–Crippen LogP) is -0.00720. The van der Waals surface area contributed by atoms with Gasteiger partial charge in [-0.25, -0.2) is 0 Å². The Kier molecular flexibility index (Phi) is 3.62. The fourth-order valence-corrected chi connectivity index (χ4v) is 2.00. The number of piperazine rings is 1. The number of anilines is 1. The summed E-state index contributed by atoms with van der Waals surface area (Å²) in [6, 6.07) is 7.62. The van der Waals surface area contributed by atoms with Crippen molar-refractivity contribution in [2.24, 2.45) is 5.73 Å². The molecule has 0 spiro atoms. The molecule has 1 heterocycles. The molecule has 96 valence electrons. The number of hydrogen-bond donors (Lipinski definition) is 1. The van der Waals surface area contributed by atoms with Gasteiger partial charge in [-0.15, -0.1) is 0 Å². The molecule has 18 heavy (non-hydrogen) atoms. The highest BCUT2D eigenvalue weighted by Crippen LogP contribution is 2.19. The summed E-state index contributed by atoms with van der Waals surface area (Å²) in [5.74, 6) is -0.0965. The third-order valence-corrected chi connectivity index (χ3v) is 3.05. The summed E-state index contributed by atoms with van der Waals surface area (Å²) in [4.78, 5) is 26.6. The van der Waals surface area contributed by atoms with E-state index in [2.05, 4.69) is 0 Å². The normalized spacial score (nSPS) is 16.3. The second kappa shape index (κ2) is 5.18. The lowest BCUT2D eigenvalue weighted by Gasteiger charge is -2.31. The second-order valence-electron chi connectivity index (χ2n) is 4.44. The van der Waals surface area contributed by atoms with E-state index in [9.17, 15) is 9.59 Å². The summed E-state index contributed by atoms with van der Waals surface area (Å²) in [5, 5.41) is 0. The third-order valence-electron chi connectivity index (χ3n) is 3.05. The number of carbonyl (C=O) groups is 2. The fraction of sp³-hybridized carbons (Fsp3) is 0.385. The average molecular weight is 247 g/mol. The van der Waals surface area contributed by atoms with E-state index in [1.807, 2.05) is 24.3 Å². The lowest BCUT2D eigenvalue weighted by molar-refractivity contribution is -0.136. The summed E-state index contributed by atoms with van der Waals surface area (Å²) in [5.41, 5.74) is 7.36. The first-order valence-electron chi connectivity index (χ1n) is 5.95. The largest absolute Gasteiger partial charge is 0.335 e. The van der Waals surface area contributed by atoms with Crippen LogP contribution in [-0.4, -0.2) is 43.4 Å². The van der Waals surface area contributed by atoms with Gasteiger partial charge in [-0.3, -0.25) is 9.59 Å². The molecule has 2 rings (SSSR count). The van der Waals surface area contributed by atoms with E-state index in [0.29, 0.717) is 6.54 Å². The van der Waals surface area contributed by atoms with Crippen molar-refractivity contribution in [3.05, 3.63) is 29.8 Å². The molecule has 2 N–H and O–H groups in total. The molecule has 0 aliphatic carbocycles. The summed E-state index contributed by atoms with van der Waals surface area (Å²) in [6.07, 6.45) is 0.768. The van der Waals surface area contributed by atoms with Crippen LogP contribution in [-0.2, 0) is 16.0 Å². The standard InChI is InChI=1S/C13H17N3O2/c1-15-8-13(18)16(9-12(15)17)11-4-2-3-10(7-11)5-6-14/h2-4,7H,5-6,8-9,14H2,1H3. The number of benzene rings is 1. The smallest absolute Gasteiger partial charge is 0.247 e. The quantitative estimate of drug-likeness (QED) is 0.817. The molecule has 0 atom stereocenters. The predicted molar refractivity (Wildman–Crippen MR) is 69.2 cm³/mol. The highest BCUT2D eigenvalue weighted by atomic mass is 16.2. The molecule has 1 aliphatic heterocycles. The van der Waals surface area contributed by atoms with Crippen LogP contribution in [0.2, 0.25) is 0 Å². The van der Waals surface area contributed by atoms with Gasteiger partial charge in [0, 0.05) is 12.7 Å². The Morgan fingerprint density at radius 2 is 2.00 bits per heavy atom. The molecule has 0 radical (unpaired) electrons. The van der Waals surface area contributed by atoms with Gasteiger partial charge >= 0.3 is 0 Å². The topological polar surface area (TPSA) is 66.6 Å². The van der Waals surface area contributed by atoms with Crippen LogP contribution in [0, 0.1) is 0 Å². The molecule has 2 amide bonds. The van der Waals surface area contributed by atoms with E-state index in [1.165, 1.54) is 9.80 Å². The van der Waals surface area contributed by atoms with E-state index in [4.69, 9.17) is 5.73 Å². The van der Waals surface area contributed by atoms with Crippen LogP contribution in [0.25, 0.3) is 0 Å². The molecule has 1 saturated heterocycles. The van der Waals surface area contributed by atoms with E-state index < -0.39 is 0 Å². The Morgan fingerprint density at radius 1 is 1.22 bits per heavy atom. The minimum Gasteiger partial charge on any atom is -0.335 e. The monoisotopic (exact) mass is 247 g/mol. The van der Waals surface area contributed by atoms with Gasteiger partial charge in [0.05, 0.1) is 6.54 Å². The van der Waals surface area contributed by atoms with Gasteiger partial charge < -0.3 is 15.5 Å². The van der Waals surface area contributed by atoms with Crippen LogP contribution in [0.5, 0.6) is 0 Å². The van der Waals surface area contributed by atoms with E-state index >= 15 is 0 Å². The second-order valence-corrected chi connectivity index (χ2v) is 4.44. The number of carbonyl (C=O) groups excluding carboxylic acids is 2. The molecule has 0 bridgehead atoms. The maximum atomic E-state index is 11.9. The Morgan fingerprint density at radius 3 is 2.72 bits per heavy atom. The van der Waals surface area contributed by atoms with Crippen LogP contribution in [0.4, 0.5) is 5.69 Å². The van der Waals surface area contributed by atoms with Crippen molar-refractivity contribution in [1.82, 2.24) is 4.90 Å². The summed E-state index contributed by atoms with van der Waals surface area (Å²) in [6.45, 7) is 0.820. The Hall–Kier alpha value is -1.88. The number of likely N-dealkylation sites (N-methyl/N-ethyl adjacent to an activating group) is 1. The van der Waals surface area contributed by atoms with Crippen molar-refractivity contribution in [3.63, 3.8) is 0 Å². The van der Waals surface area contributed by atoms with Crippen molar-refractivity contribution in [2.75, 3.05) is 31.6 Å². The number of nitrogens with zero attached hydrogens (tertiary/aromatic N) is 2. The molecular weight excluding hydrogens is 230 g/mol. The van der Waals surface area contributed by atoms with Gasteiger partial charge in [0.15, 0.2) is 0 Å². The zero-order valence-electron chi connectivity index (χ0n) is 10.4. The van der Waals surface area contributed by atoms with Gasteiger partial charge in [-0.2, -0.15) is 0 Å². The first-order chi connectivity index (χ1) is 8.61. The fourth-order valence-electron chi connectivity index (χ4n) is 2.00. The zero-order valence-corrected chi connectivity index (χ0v) is 10.4. The molecule has 1 aromatic rings. The number of rotatable bonds is 3. The van der Waals surface area contributed by atoms with E-state index in [-0.39, 0.29) is 24.9 Å². The van der Waals surface area contributed by atoms with Crippen molar-refractivity contribution in [1.29, 1.82) is 0 Å². The van der Waals surface area contributed by atoms with Gasteiger partial charge in [0.2, 0.25) is 11.8 Å². The van der Waals surface area contributed by atoms with Gasteiger partial charge in [0.25, 0.3) is 0 Å². The number of amides is 2. The van der Waals surface area contributed by atoms with E-state index in [1.54, 1.807) is 7.05 Å². The molecule has 1 aliphatic rings. The van der Waals surface area contributed by atoms with Gasteiger partial charge in [-0.1, -0.05) is 12.1 Å². The lowest BCUT2D eigenvalue weighted by atomic mass is 10.1. The van der Waals surface area contributed by atoms with Crippen LogP contribution < -0.4 is 10.6 Å². The lowest BCUT2D eigenvalue weighted by Crippen LogP contribution is -2.52. The molecular formula is C13H17N3O2. The minimum atomic E-state index is -0.0537. The van der Waals surface area contributed by atoms with Crippen molar-refractivity contribution in [2.45, 2.75) is 6.42 Å². The highest BCUT2D eigenvalue weighted by Gasteiger charge is 2.28. The van der Waals surface area contributed by atoms with Crippen LogP contribution in [0.3, 0.4) is 0 Å². The molecule has 1 aromatic carbocycles. The maximum absolute atomic E-state index is 11.9. The van der Waals surface area contributed by atoms with E-state index in [0.717, 1.165) is 17.7 Å². The van der Waals surface area contributed by atoms with Gasteiger partial charge in [0.1, 0.15) is 6.54 Å². The van der Waals surface area contributed by atoms with Crippen molar-refractivity contribution >= 4 is 17.5 Å². The van der Waals surface area contributed by atoms with Crippen molar-refractivity contribution < 1.29 is 9.59 Å². The average Bonchev–Trinajstić information content (AvgIpc) is 2.34. The summed E-state index contributed by atoms with van der Waals surface area (Å²) in [7, 11) is 1.64. The molecule has 0 saturated carbocycles. The molecule has 1 fully saturated rings. The molecule has 5 nitrogen and oxygen atoms in total. The Labute approximate surface area is 106 Å². The minimum absolute atomic E-state index is 0.0428. The molecule has 0 aromatic heterocycles. The van der Waals surface area contributed by atoms with Crippen LogP contribution in [0.15, 0.2) is 24.3 Å². The maximum Gasteiger partial charge on any atom is 0.247 e. The first kappa shape index (κ1) is 12.6. The van der Waals surface area contributed by atoms with Crippen LogP contribution in [0.1, 0.15) is 5.56 Å². The first-order valence-corrected chi connectivity index (χ1v) is 5.95. The van der Waals surface area contributed by atoms with Gasteiger partial charge in [-0.05, 0) is 30.7 Å². The molecule has 0 unspecified atom stereocenters.